The van der Waals surface area contributed by atoms with Gasteiger partial charge in [-0.25, -0.2) is 0 Å². The molecule has 0 aromatic heterocycles. The first-order valence-corrected chi connectivity index (χ1v) is 7.09. The predicted octanol–water partition coefficient (Wildman–Crippen LogP) is 3.87. The highest BCUT2D eigenvalue weighted by molar-refractivity contribution is 5.53. The fourth-order valence-corrected chi connectivity index (χ4v) is 2.60. The van der Waals surface area contributed by atoms with Crippen LogP contribution in [0.5, 0.6) is 0 Å². The molecule has 20 heavy (non-hydrogen) atoms. The fraction of sp³-hybridized carbons (Fsp3) is 0.333. The van der Waals surface area contributed by atoms with E-state index in [4.69, 9.17) is 11.5 Å². The van der Waals surface area contributed by atoms with Crippen molar-refractivity contribution >= 4 is 11.4 Å². The van der Waals surface area contributed by atoms with E-state index in [-0.39, 0.29) is 0 Å². The Morgan fingerprint density at radius 2 is 0.950 bits per heavy atom. The molecule has 2 nitrogen and oxygen atoms in total. The van der Waals surface area contributed by atoms with Crippen molar-refractivity contribution in [3.63, 3.8) is 0 Å². The predicted molar refractivity (Wildman–Crippen MR) is 88.1 cm³/mol. The lowest BCUT2D eigenvalue weighted by Gasteiger charge is -2.12. The van der Waals surface area contributed by atoms with Gasteiger partial charge in [0.1, 0.15) is 0 Å². The van der Waals surface area contributed by atoms with Crippen LogP contribution in [-0.4, -0.2) is 0 Å². The molecule has 0 aliphatic heterocycles. The summed E-state index contributed by atoms with van der Waals surface area (Å²) >= 11 is 0. The van der Waals surface area contributed by atoms with Crippen molar-refractivity contribution in [2.24, 2.45) is 0 Å². The Hall–Kier alpha value is -1.96. The lowest BCUT2D eigenvalue weighted by molar-refractivity contribution is 0.935. The van der Waals surface area contributed by atoms with E-state index >= 15 is 0 Å². The molecule has 2 aromatic carbocycles. The number of nitrogens with two attached hydrogens (primary N) is 2. The third-order valence-corrected chi connectivity index (χ3v) is 4.11. The molecule has 0 saturated heterocycles. The standard InChI is InChI=1S/C18H24N2/c1-11-9-17(19)13(3)7-15(11)5-6-16-8-14(4)18(20)10-12(16)2/h7-10H,5-6,19-20H2,1-4H3. The zero-order valence-corrected chi connectivity index (χ0v) is 12.9. The maximum Gasteiger partial charge on any atom is 0.0346 e. The SMILES string of the molecule is Cc1cc(CCc2cc(C)c(N)cc2C)c(C)cc1N. The molecule has 4 N–H and O–H groups in total. The largest absolute Gasteiger partial charge is 0.399 e. The second-order valence-corrected chi connectivity index (χ2v) is 5.77. The third-order valence-electron chi connectivity index (χ3n) is 4.11. The highest BCUT2D eigenvalue weighted by Gasteiger charge is 2.06. The Morgan fingerprint density at radius 3 is 1.30 bits per heavy atom. The van der Waals surface area contributed by atoms with E-state index < -0.39 is 0 Å². The van der Waals surface area contributed by atoms with Crippen LogP contribution >= 0.6 is 0 Å². The Balaban J connectivity index is 2.21. The third kappa shape index (κ3) is 2.96. The highest BCUT2D eigenvalue weighted by atomic mass is 14.6. The number of hydrogen-bond donors (Lipinski definition) is 2. The van der Waals surface area contributed by atoms with Crippen molar-refractivity contribution in [1.82, 2.24) is 0 Å². The van der Waals surface area contributed by atoms with Crippen molar-refractivity contribution in [3.05, 3.63) is 57.6 Å². The van der Waals surface area contributed by atoms with E-state index in [2.05, 4.69) is 52.0 Å². The van der Waals surface area contributed by atoms with Crippen molar-refractivity contribution in [2.45, 2.75) is 40.5 Å². The minimum absolute atomic E-state index is 0.880. The topological polar surface area (TPSA) is 52.0 Å². The van der Waals surface area contributed by atoms with Gasteiger partial charge in [0, 0.05) is 11.4 Å². The van der Waals surface area contributed by atoms with Crippen LogP contribution in [0.4, 0.5) is 11.4 Å². The van der Waals surface area contributed by atoms with Crippen LogP contribution in [0.3, 0.4) is 0 Å². The molecule has 0 unspecified atom stereocenters. The molecule has 2 rings (SSSR count). The number of benzene rings is 2. The van der Waals surface area contributed by atoms with Gasteiger partial charge in [-0.3, -0.25) is 0 Å². The first-order chi connectivity index (χ1) is 9.38. The average molecular weight is 268 g/mol. The zero-order valence-electron chi connectivity index (χ0n) is 12.9. The Bertz CT molecular complexity index is 585. The first kappa shape index (κ1) is 14.4. The maximum atomic E-state index is 5.94. The van der Waals surface area contributed by atoms with Crippen molar-refractivity contribution < 1.29 is 0 Å². The van der Waals surface area contributed by atoms with E-state index in [0.717, 1.165) is 35.3 Å². The van der Waals surface area contributed by atoms with Gasteiger partial charge in [0.15, 0.2) is 0 Å². The van der Waals surface area contributed by atoms with Gasteiger partial charge in [-0.2, -0.15) is 0 Å². The van der Waals surface area contributed by atoms with E-state index in [1.54, 1.807) is 0 Å². The summed E-state index contributed by atoms with van der Waals surface area (Å²) in [5.41, 5.74) is 21.3. The summed E-state index contributed by atoms with van der Waals surface area (Å²) in [6, 6.07) is 8.58. The van der Waals surface area contributed by atoms with Gasteiger partial charge in [0.2, 0.25) is 0 Å². The summed E-state index contributed by atoms with van der Waals surface area (Å²) in [5, 5.41) is 0. The number of hydrogen-bond acceptors (Lipinski definition) is 2. The Labute approximate surface area is 121 Å². The molecule has 2 heteroatoms. The van der Waals surface area contributed by atoms with Crippen molar-refractivity contribution in [3.8, 4) is 0 Å². The molecule has 0 heterocycles. The lowest BCUT2D eigenvalue weighted by Crippen LogP contribution is -2.01. The van der Waals surface area contributed by atoms with Gasteiger partial charge in [-0.05, 0) is 86.1 Å². The average Bonchev–Trinajstić information content (AvgIpc) is 2.37. The van der Waals surface area contributed by atoms with Crippen molar-refractivity contribution in [2.75, 3.05) is 11.5 Å². The molecule has 0 amide bonds. The minimum atomic E-state index is 0.880. The van der Waals surface area contributed by atoms with E-state index in [0.29, 0.717) is 0 Å². The molecule has 0 atom stereocenters. The number of anilines is 2. The van der Waals surface area contributed by atoms with Gasteiger partial charge in [-0.15, -0.1) is 0 Å². The molecule has 106 valence electrons. The summed E-state index contributed by atoms with van der Waals surface area (Å²) in [7, 11) is 0. The van der Waals surface area contributed by atoms with Gasteiger partial charge in [0.05, 0.1) is 0 Å². The minimum Gasteiger partial charge on any atom is -0.399 e. The molecule has 0 bridgehead atoms. The monoisotopic (exact) mass is 268 g/mol. The van der Waals surface area contributed by atoms with Crippen LogP contribution in [-0.2, 0) is 12.8 Å². The van der Waals surface area contributed by atoms with Gasteiger partial charge >= 0.3 is 0 Å². The Kier molecular flexibility index (Phi) is 4.03. The van der Waals surface area contributed by atoms with Crippen LogP contribution in [0, 0.1) is 27.7 Å². The van der Waals surface area contributed by atoms with Crippen LogP contribution in [0.15, 0.2) is 24.3 Å². The quantitative estimate of drug-likeness (QED) is 0.830. The van der Waals surface area contributed by atoms with Gasteiger partial charge in [-0.1, -0.05) is 12.1 Å². The number of rotatable bonds is 3. The first-order valence-electron chi connectivity index (χ1n) is 7.09. The summed E-state index contributed by atoms with van der Waals surface area (Å²) in [4.78, 5) is 0. The van der Waals surface area contributed by atoms with Crippen LogP contribution in [0.25, 0.3) is 0 Å². The molecule has 2 aromatic rings. The molecule has 0 aliphatic carbocycles. The Morgan fingerprint density at radius 1 is 0.600 bits per heavy atom. The normalized spacial score (nSPS) is 10.8. The smallest absolute Gasteiger partial charge is 0.0346 e. The van der Waals surface area contributed by atoms with Crippen LogP contribution < -0.4 is 11.5 Å². The van der Waals surface area contributed by atoms with E-state index in [1.807, 2.05) is 0 Å². The van der Waals surface area contributed by atoms with Crippen molar-refractivity contribution in [1.29, 1.82) is 0 Å². The molecular weight excluding hydrogens is 244 g/mol. The fourth-order valence-electron chi connectivity index (χ4n) is 2.60. The van der Waals surface area contributed by atoms with Crippen LogP contribution in [0.2, 0.25) is 0 Å². The molecule has 0 fully saturated rings. The van der Waals surface area contributed by atoms with Crippen LogP contribution in [0.1, 0.15) is 33.4 Å². The molecule has 0 saturated carbocycles. The number of aryl methyl sites for hydroxylation is 6. The number of nitrogen functional groups attached to an aromatic ring is 2. The summed E-state index contributed by atoms with van der Waals surface area (Å²) in [5.74, 6) is 0. The second-order valence-electron chi connectivity index (χ2n) is 5.77. The lowest BCUT2D eigenvalue weighted by atomic mass is 9.95. The highest BCUT2D eigenvalue weighted by Crippen LogP contribution is 2.22. The zero-order chi connectivity index (χ0) is 14.9. The molecular formula is C18H24N2. The van der Waals surface area contributed by atoms with E-state index in [9.17, 15) is 0 Å². The molecule has 0 aliphatic rings. The van der Waals surface area contributed by atoms with Gasteiger partial charge in [0.25, 0.3) is 0 Å². The molecule has 0 radical (unpaired) electrons. The summed E-state index contributed by atoms with van der Waals surface area (Å²) < 4.78 is 0. The second kappa shape index (κ2) is 5.58. The summed E-state index contributed by atoms with van der Waals surface area (Å²) in [6.45, 7) is 8.40. The van der Waals surface area contributed by atoms with Gasteiger partial charge < -0.3 is 11.5 Å². The molecule has 0 spiro atoms. The summed E-state index contributed by atoms with van der Waals surface area (Å²) in [6.07, 6.45) is 2.08. The van der Waals surface area contributed by atoms with E-state index in [1.165, 1.54) is 22.3 Å². The maximum absolute atomic E-state index is 5.94.